The molecule has 0 spiro atoms. The molecule has 0 amide bonds. The molecule has 0 radical (unpaired) electrons. The molecule has 1 atom stereocenters. The average molecular weight is 237 g/mol. The Morgan fingerprint density at radius 3 is 2.86 bits per heavy atom. The topological polar surface area (TPSA) is 55.1 Å². The molecule has 0 saturated heterocycles. The number of halogens is 2. The van der Waals surface area contributed by atoms with E-state index in [1.54, 1.807) is 6.92 Å². The molecule has 1 aromatic heterocycles. The van der Waals surface area contributed by atoms with Gasteiger partial charge in [-0.15, -0.1) is 0 Å². The van der Waals surface area contributed by atoms with E-state index in [4.69, 9.17) is 28.3 Å². The highest BCUT2D eigenvalue weighted by Crippen LogP contribution is 2.12. The second-order valence-electron chi connectivity index (χ2n) is 2.99. The van der Waals surface area contributed by atoms with Crippen molar-refractivity contribution < 1.29 is 5.11 Å². The number of aromatic nitrogens is 2. The minimum atomic E-state index is -0.462. The van der Waals surface area contributed by atoms with Gasteiger partial charge in [0, 0.05) is 6.54 Å². The van der Waals surface area contributed by atoms with Gasteiger partial charge in [0.15, 0.2) is 5.15 Å². The second kappa shape index (κ2) is 4.77. The van der Waals surface area contributed by atoms with Crippen molar-refractivity contribution in [2.75, 3.05) is 0 Å². The van der Waals surface area contributed by atoms with Gasteiger partial charge in [0.05, 0.1) is 12.4 Å². The fraction of sp³-hybridized carbons (Fsp3) is 0.500. The Bertz CT molecular complexity index is 376. The van der Waals surface area contributed by atoms with E-state index in [0.717, 1.165) is 0 Å². The Balaban J connectivity index is 2.89. The van der Waals surface area contributed by atoms with Gasteiger partial charge in [-0.2, -0.15) is 0 Å². The maximum Gasteiger partial charge on any atom is 0.273 e. The first-order chi connectivity index (χ1) is 6.52. The van der Waals surface area contributed by atoms with Gasteiger partial charge in [-0.25, -0.2) is 4.98 Å². The van der Waals surface area contributed by atoms with Crippen LogP contribution < -0.4 is 5.56 Å². The predicted octanol–water partition coefficient (Wildman–Crippen LogP) is 1.32. The molecule has 1 heterocycles. The Kier molecular flexibility index (Phi) is 3.92. The Morgan fingerprint density at radius 1 is 1.64 bits per heavy atom. The third-order valence-corrected chi connectivity index (χ3v) is 2.45. The molecular formula is C8H10Cl2N2O2. The molecule has 1 unspecified atom stereocenters. The molecule has 78 valence electrons. The van der Waals surface area contributed by atoms with E-state index < -0.39 is 6.10 Å². The van der Waals surface area contributed by atoms with E-state index in [1.165, 1.54) is 10.9 Å². The monoisotopic (exact) mass is 236 g/mol. The molecule has 1 rings (SSSR count). The lowest BCUT2D eigenvalue weighted by Gasteiger charge is -2.07. The van der Waals surface area contributed by atoms with Crippen molar-refractivity contribution >= 4 is 23.2 Å². The average Bonchev–Trinajstić information content (AvgIpc) is 2.13. The van der Waals surface area contributed by atoms with Gasteiger partial charge in [0.1, 0.15) is 5.02 Å². The maximum absolute atomic E-state index is 11.4. The summed E-state index contributed by atoms with van der Waals surface area (Å²) in [6, 6.07) is 0. The number of hydrogen-bond acceptors (Lipinski definition) is 3. The summed E-state index contributed by atoms with van der Waals surface area (Å²) < 4.78 is 1.32. The first kappa shape index (κ1) is 11.5. The minimum Gasteiger partial charge on any atom is -0.393 e. The number of rotatable bonds is 3. The van der Waals surface area contributed by atoms with Crippen molar-refractivity contribution in [3.63, 3.8) is 0 Å². The minimum absolute atomic E-state index is 0.00460. The van der Waals surface area contributed by atoms with Crippen molar-refractivity contribution in [2.45, 2.75) is 26.0 Å². The van der Waals surface area contributed by atoms with E-state index in [-0.39, 0.29) is 15.7 Å². The second-order valence-corrected chi connectivity index (χ2v) is 3.72. The zero-order valence-electron chi connectivity index (χ0n) is 7.57. The van der Waals surface area contributed by atoms with Crippen LogP contribution in [0, 0.1) is 0 Å². The van der Waals surface area contributed by atoms with Crippen molar-refractivity contribution in [3.05, 3.63) is 26.9 Å². The van der Waals surface area contributed by atoms with Crippen LogP contribution in [0.25, 0.3) is 0 Å². The molecule has 4 nitrogen and oxygen atoms in total. The van der Waals surface area contributed by atoms with Gasteiger partial charge in [-0.05, 0) is 13.3 Å². The summed E-state index contributed by atoms with van der Waals surface area (Å²) in [6.45, 7) is 2.02. The van der Waals surface area contributed by atoms with Crippen LogP contribution in [-0.2, 0) is 6.54 Å². The molecule has 0 bridgehead atoms. The van der Waals surface area contributed by atoms with Crippen molar-refractivity contribution in [1.82, 2.24) is 9.55 Å². The van der Waals surface area contributed by atoms with Crippen molar-refractivity contribution in [2.24, 2.45) is 0 Å². The van der Waals surface area contributed by atoms with E-state index in [1.807, 2.05) is 0 Å². The molecule has 0 fully saturated rings. The van der Waals surface area contributed by atoms with Crippen molar-refractivity contribution in [3.8, 4) is 0 Å². The van der Waals surface area contributed by atoms with Gasteiger partial charge >= 0.3 is 0 Å². The fourth-order valence-corrected chi connectivity index (χ4v) is 1.21. The highest BCUT2D eigenvalue weighted by atomic mass is 35.5. The molecule has 0 aliphatic rings. The van der Waals surface area contributed by atoms with Crippen LogP contribution in [0.15, 0.2) is 11.1 Å². The van der Waals surface area contributed by atoms with E-state index in [9.17, 15) is 4.79 Å². The van der Waals surface area contributed by atoms with Crippen LogP contribution in [0.2, 0.25) is 10.2 Å². The zero-order valence-corrected chi connectivity index (χ0v) is 9.09. The SMILES string of the molecule is CC(O)CCn1cnc(Cl)c(Cl)c1=O. The highest BCUT2D eigenvalue weighted by molar-refractivity contribution is 6.40. The van der Waals surface area contributed by atoms with Crippen LogP contribution in [-0.4, -0.2) is 20.8 Å². The molecule has 14 heavy (non-hydrogen) atoms. The number of aliphatic hydroxyl groups is 1. The Hall–Kier alpha value is -0.580. The summed E-state index contributed by atoms with van der Waals surface area (Å²) >= 11 is 11.2. The molecule has 0 saturated carbocycles. The van der Waals surface area contributed by atoms with Gasteiger partial charge in [0.25, 0.3) is 5.56 Å². The first-order valence-electron chi connectivity index (χ1n) is 4.11. The standard InChI is InChI=1S/C8H10Cl2N2O2/c1-5(13)2-3-12-4-11-7(10)6(9)8(12)14/h4-5,13H,2-3H2,1H3. The summed E-state index contributed by atoms with van der Waals surface area (Å²) in [5, 5.41) is 8.95. The van der Waals surface area contributed by atoms with Crippen LogP contribution in [0.4, 0.5) is 0 Å². The summed E-state index contributed by atoms with van der Waals surface area (Å²) in [6.07, 6.45) is 1.33. The van der Waals surface area contributed by atoms with Gasteiger partial charge in [0.2, 0.25) is 0 Å². The normalized spacial score (nSPS) is 12.9. The van der Waals surface area contributed by atoms with Crippen LogP contribution in [0.3, 0.4) is 0 Å². The molecule has 1 aromatic rings. The molecule has 6 heteroatoms. The number of nitrogens with zero attached hydrogens (tertiary/aromatic N) is 2. The molecule has 0 aliphatic heterocycles. The third-order valence-electron chi connectivity index (χ3n) is 1.73. The lowest BCUT2D eigenvalue weighted by atomic mass is 10.3. The molecule has 0 aliphatic carbocycles. The lowest BCUT2D eigenvalue weighted by molar-refractivity contribution is 0.177. The number of aryl methyl sites for hydroxylation is 1. The molecule has 0 aromatic carbocycles. The summed E-state index contributed by atoms with van der Waals surface area (Å²) in [5.74, 6) is 0. The quantitative estimate of drug-likeness (QED) is 0.806. The van der Waals surface area contributed by atoms with Crippen LogP contribution >= 0.6 is 23.2 Å². The fourth-order valence-electron chi connectivity index (χ4n) is 0.929. The molecule has 1 N–H and O–H groups in total. The first-order valence-corrected chi connectivity index (χ1v) is 4.86. The maximum atomic E-state index is 11.4. The van der Waals surface area contributed by atoms with Gasteiger partial charge in [-0.3, -0.25) is 9.36 Å². The number of hydrogen-bond donors (Lipinski definition) is 1. The van der Waals surface area contributed by atoms with E-state index >= 15 is 0 Å². The van der Waals surface area contributed by atoms with Gasteiger partial charge < -0.3 is 5.11 Å². The smallest absolute Gasteiger partial charge is 0.273 e. The van der Waals surface area contributed by atoms with Crippen LogP contribution in [0.1, 0.15) is 13.3 Å². The summed E-state index contributed by atoms with van der Waals surface area (Å²) in [4.78, 5) is 15.2. The zero-order chi connectivity index (χ0) is 10.7. The Labute approximate surface area is 91.1 Å². The number of aliphatic hydroxyl groups excluding tert-OH is 1. The Morgan fingerprint density at radius 2 is 2.29 bits per heavy atom. The van der Waals surface area contributed by atoms with E-state index in [2.05, 4.69) is 4.98 Å². The third kappa shape index (κ3) is 2.70. The van der Waals surface area contributed by atoms with Gasteiger partial charge in [-0.1, -0.05) is 23.2 Å². The largest absolute Gasteiger partial charge is 0.393 e. The van der Waals surface area contributed by atoms with Crippen LogP contribution in [0.5, 0.6) is 0 Å². The predicted molar refractivity (Wildman–Crippen MR) is 54.8 cm³/mol. The summed E-state index contributed by atoms with van der Waals surface area (Å²) in [7, 11) is 0. The van der Waals surface area contributed by atoms with Crippen molar-refractivity contribution in [1.29, 1.82) is 0 Å². The summed E-state index contributed by atoms with van der Waals surface area (Å²) in [5.41, 5.74) is -0.382. The lowest BCUT2D eigenvalue weighted by Crippen LogP contribution is -2.22. The highest BCUT2D eigenvalue weighted by Gasteiger charge is 2.07. The molecular weight excluding hydrogens is 227 g/mol. The van der Waals surface area contributed by atoms with E-state index in [0.29, 0.717) is 13.0 Å².